The highest BCUT2D eigenvalue weighted by Gasteiger charge is 2.16. The van der Waals surface area contributed by atoms with Crippen molar-refractivity contribution in [2.24, 2.45) is 5.73 Å². The number of hydrogen-bond acceptors (Lipinski definition) is 5. The van der Waals surface area contributed by atoms with Crippen LogP contribution in [-0.4, -0.2) is 28.0 Å². The number of pyridine rings is 3. The van der Waals surface area contributed by atoms with Gasteiger partial charge in [-0.1, -0.05) is 6.07 Å². The van der Waals surface area contributed by atoms with Crippen LogP contribution in [0.2, 0.25) is 0 Å². The fraction of sp³-hybridized carbons (Fsp3) is 0.235. The SMILES string of the molecule is NCc1cc2nc(-c3cccc(N4CCC4)n3)ccc2cn1. The first-order chi connectivity index (χ1) is 10.8. The molecule has 1 aliphatic rings. The summed E-state index contributed by atoms with van der Waals surface area (Å²) in [6.07, 6.45) is 3.06. The van der Waals surface area contributed by atoms with Crippen LogP contribution < -0.4 is 10.6 Å². The molecule has 0 unspecified atom stereocenters. The van der Waals surface area contributed by atoms with Gasteiger partial charge in [-0.3, -0.25) is 4.98 Å². The van der Waals surface area contributed by atoms with Crippen molar-refractivity contribution in [3.8, 4) is 11.4 Å². The van der Waals surface area contributed by atoms with E-state index in [2.05, 4.69) is 16.0 Å². The third-order valence-electron chi connectivity index (χ3n) is 4.02. The van der Waals surface area contributed by atoms with Crippen molar-refractivity contribution in [1.82, 2.24) is 15.0 Å². The van der Waals surface area contributed by atoms with E-state index in [1.54, 1.807) is 0 Å². The lowest BCUT2D eigenvalue weighted by Crippen LogP contribution is -2.37. The summed E-state index contributed by atoms with van der Waals surface area (Å²) in [6, 6.07) is 12.1. The molecule has 0 radical (unpaired) electrons. The molecule has 2 N–H and O–H groups in total. The average Bonchev–Trinajstić information content (AvgIpc) is 2.52. The molecule has 110 valence electrons. The van der Waals surface area contributed by atoms with Crippen LogP contribution in [0.25, 0.3) is 22.3 Å². The highest BCUT2D eigenvalue weighted by atomic mass is 15.2. The molecule has 1 saturated heterocycles. The smallest absolute Gasteiger partial charge is 0.129 e. The van der Waals surface area contributed by atoms with Gasteiger partial charge in [0, 0.05) is 31.2 Å². The van der Waals surface area contributed by atoms with Gasteiger partial charge >= 0.3 is 0 Å². The van der Waals surface area contributed by atoms with Gasteiger partial charge in [0.05, 0.1) is 22.6 Å². The predicted octanol–water partition coefficient (Wildman–Crippen LogP) is 2.36. The number of fused-ring (bicyclic) bond motifs is 1. The van der Waals surface area contributed by atoms with E-state index in [0.29, 0.717) is 6.54 Å². The van der Waals surface area contributed by atoms with Crippen molar-refractivity contribution in [3.05, 3.63) is 48.3 Å². The minimum atomic E-state index is 0.421. The molecule has 0 aromatic carbocycles. The van der Waals surface area contributed by atoms with Crippen molar-refractivity contribution in [2.45, 2.75) is 13.0 Å². The Balaban J connectivity index is 1.76. The minimum Gasteiger partial charge on any atom is -0.356 e. The van der Waals surface area contributed by atoms with E-state index in [4.69, 9.17) is 15.7 Å². The van der Waals surface area contributed by atoms with Gasteiger partial charge in [-0.2, -0.15) is 0 Å². The molecule has 22 heavy (non-hydrogen) atoms. The lowest BCUT2D eigenvalue weighted by molar-refractivity contribution is 0.610. The Kier molecular flexibility index (Phi) is 3.20. The molecule has 0 atom stereocenters. The van der Waals surface area contributed by atoms with Gasteiger partial charge in [-0.15, -0.1) is 0 Å². The van der Waals surface area contributed by atoms with Gasteiger partial charge in [0.2, 0.25) is 0 Å². The normalized spacial score (nSPS) is 14.1. The lowest BCUT2D eigenvalue weighted by atomic mass is 10.1. The van der Waals surface area contributed by atoms with Gasteiger partial charge in [0.25, 0.3) is 0 Å². The molecule has 3 aromatic heterocycles. The summed E-state index contributed by atoms with van der Waals surface area (Å²) in [6.45, 7) is 2.60. The topological polar surface area (TPSA) is 67.9 Å². The maximum Gasteiger partial charge on any atom is 0.129 e. The Morgan fingerprint density at radius 3 is 2.68 bits per heavy atom. The maximum atomic E-state index is 5.66. The summed E-state index contributed by atoms with van der Waals surface area (Å²) >= 11 is 0. The first-order valence-corrected chi connectivity index (χ1v) is 7.51. The predicted molar refractivity (Wildman–Crippen MR) is 87.5 cm³/mol. The van der Waals surface area contributed by atoms with Gasteiger partial charge < -0.3 is 10.6 Å². The summed E-state index contributed by atoms with van der Waals surface area (Å²) in [7, 11) is 0. The van der Waals surface area contributed by atoms with E-state index in [9.17, 15) is 0 Å². The van der Waals surface area contributed by atoms with Crippen molar-refractivity contribution in [3.63, 3.8) is 0 Å². The van der Waals surface area contributed by atoms with E-state index >= 15 is 0 Å². The second kappa shape index (κ2) is 5.35. The molecule has 0 spiro atoms. The fourth-order valence-corrected chi connectivity index (χ4v) is 2.60. The maximum absolute atomic E-state index is 5.66. The molecular formula is C17H17N5. The van der Waals surface area contributed by atoms with Crippen molar-refractivity contribution < 1.29 is 0 Å². The molecule has 4 rings (SSSR count). The van der Waals surface area contributed by atoms with Crippen LogP contribution in [0.3, 0.4) is 0 Å². The number of rotatable bonds is 3. The number of nitrogens with two attached hydrogens (primary N) is 1. The van der Waals surface area contributed by atoms with E-state index < -0.39 is 0 Å². The first-order valence-electron chi connectivity index (χ1n) is 7.51. The molecule has 0 amide bonds. The number of nitrogens with zero attached hydrogens (tertiary/aromatic N) is 4. The number of anilines is 1. The van der Waals surface area contributed by atoms with Crippen LogP contribution in [0.15, 0.2) is 42.6 Å². The standard InChI is InChI=1S/C17H17N5/c18-10-13-9-16-12(11-19-13)5-6-15(20-16)14-3-1-4-17(21-14)22-7-2-8-22/h1,3-6,9,11H,2,7-8,10,18H2. The highest BCUT2D eigenvalue weighted by molar-refractivity contribution is 5.80. The van der Waals surface area contributed by atoms with Crippen LogP contribution in [0.1, 0.15) is 12.1 Å². The van der Waals surface area contributed by atoms with Crippen LogP contribution in [0, 0.1) is 0 Å². The Bertz CT molecular complexity index is 826. The fourth-order valence-electron chi connectivity index (χ4n) is 2.60. The molecule has 3 aromatic rings. The number of hydrogen-bond donors (Lipinski definition) is 1. The van der Waals surface area contributed by atoms with Crippen LogP contribution in [0.5, 0.6) is 0 Å². The molecule has 0 saturated carbocycles. The molecule has 5 nitrogen and oxygen atoms in total. The van der Waals surface area contributed by atoms with Gasteiger partial charge in [-0.05, 0) is 36.8 Å². The summed E-state index contributed by atoms with van der Waals surface area (Å²) < 4.78 is 0. The van der Waals surface area contributed by atoms with Gasteiger partial charge in [-0.25, -0.2) is 9.97 Å². The molecular weight excluding hydrogens is 274 g/mol. The summed E-state index contributed by atoms with van der Waals surface area (Å²) in [5.41, 5.74) is 9.19. The zero-order chi connectivity index (χ0) is 14.9. The molecule has 1 fully saturated rings. The largest absolute Gasteiger partial charge is 0.356 e. The molecule has 4 heterocycles. The number of aromatic nitrogens is 3. The Hall–Kier alpha value is -2.53. The third-order valence-corrected chi connectivity index (χ3v) is 4.02. The van der Waals surface area contributed by atoms with Crippen LogP contribution >= 0.6 is 0 Å². The quantitative estimate of drug-likeness (QED) is 0.802. The zero-order valence-corrected chi connectivity index (χ0v) is 12.2. The van der Waals surface area contributed by atoms with Gasteiger partial charge in [0.15, 0.2) is 0 Å². The second-order valence-electron chi connectivity index (χ2n) is 5.49. The highest BCUT2D eigenvalue weighted by Crippen LogP contribution is 2.24. The van der Waals surface area contributed by atoms with Crippen LogP contribution in [-0.2, 0) is 6.54 Å². The summed E-state index contributed by atoms with van der Waals surface area (Å²) in [5.74, 6) is 1.03. The first kappa shape index (κ1) is 13.2. The van der Waals surface area contributed by atoms with Crippen LogP contribution in [0.4, 0.5) is 5.82 Å². The van der Waals surface area contributed by atoms with Gasteiger partial charge in [0.1, 0.15) is 5.82 Å². The van der Waals surface area contributed by atoms with Crippen molar-refractivity contribution in [1.29, 1.82) is 0 Å². The molecule has 0 aliphatic carbocycles. The van der Waals surface area contributed by atoms with E-state index in [0.717, 1.165) is 46.9 Å². The van der Waals surface area contributed by atoms with Crippen molar-refractivity contribution >= 4 is 16.7 Å². The Labute approximate surface area is 128 Å². The zero-order valence-electron chi connectivity index (χ0n) is 12.2. The second-order valence-corrected chi connectivity index (χ2v) is 5.49. The minimum absolute atomic E-state index is 0.421. The summed E-state index contributed by atoms with van der Waals surface area (Å²) in [5, 5.41) is 1.01. The third kappa shape index (κ3) is 2.29. The monoisotopic (exact) mass is 291 g/mol. The molecule has 1 aliphatic heterocycles. The van der Waals surface area contributed by atoms with Crippen molar-refractivity contribution in [2.75, 3.05) is 18.0 Å². The lowest BCUT2D eigenvalue weighted by Gasteiger charge is -2.32. The Morgan fingerprint density at radius 2 is 1.91 bits per heavy atom. The van der Waals surface area contributed by atoms with E-state index in [-0.39, 0.29) is 0 Å². The Morgan fingerprint density at radius 1 is 1.05 bits per heavy atom. The molecule has 0 bridgehead atoms. The van der Waals surface area contributed by atoms with E-state index in [1.807, 2.05) is 36.5 Å². The van der Waals surface area contributed by atoms with E-state index in [1.165, 1.54) is 6.42 Å². The average molecular weight is 291 g/mol. The summed E-state index contributed by atoms with van der Waals surface area (Å²) in [4.78, 5) is 16.0. The molecule has 5 heteroatoms.